The summed E-state index contributed by atoms with van der Waals surface area (Å²) in [5, 5.41) is 0. The van der Waals surface area contributed by atoms with E-state index in [0.717, 1.165) is 96.3 Å². The van der Waals surface area contributed by atoms with Crippen molar-refractivity contribution in [3.63, 3.8) is 0 Å². The molecule has 1 unspecified atom stereocenters. The van der Waals surface area contributed by atoms with E-state index in [1.165, 1.54) is 32.1 Å². The lowest BCUT2D eigenvalue weighted by Gasteiger charge is -2.18. The highest BCUT2D eigenvalue weighted by atomic mass is 16.6. The van der Waals surface area contributed by atoms with Crippen molar-refractivity contribution < 1.29 is 28.6 Å². The Morgan fingerprint density at radius 2 is 0.755 bits per heavy atom. The Labute approximate surface area is 325 Å². The topological polar surface area (TPSA) is 78.9 Å². The summed E-state index contributed by atoms with van der Waals surface area (Å²) >= 11 is 0. The van der Waals surface area contributed by atoms with Gasteiger partial charge in [0, 0.05) is 19.3 Å². The predicted octanol–water partition coefficient (Wildman–Crippen LogP) is 13.3. The van der Waals surface area contributed by atoms with Crippen molar-refractivity contribution in [3.8, 4) is 0 Å². The van der Waals surface area contributed by atoms with E-state index >= 15 is 0 Å². The highest BCUT2D eigenvalue weighted by Crippen LogP contribution is 2.11. The number of allylic oxidation sites excluding steroid dienone is 14. The third kappa shape index (κ3) is 39.6. The summed E-state index contributed by atoms with van der Waals surface area (Å²) in [5.74, 6) is -1.03. The van der Waals surface area contributed by atoms with Gasteiger partial charge in [0.05, 0.1) is 0 Å². The van der Waals surface area contributed by atoms with E-state index in [9.17, 15) is 14.4 Å². The van der Waals surface area contributed by atoms with Crippen molar-refractivity contribution in [2.75, 3.05) is 13.2 Å². The Morgan fingerprint density at radius 3 is 1.28 bits per heavy atom. The maximum atomic E-state index is 12.7. The third-order valence-electron chi connectivity index (χ3n) is 8.36. The summed E-state index contributed by atoms with van der Waals surface area (Å²) in [5.41, 5.74) is 0. The van der Waals surface area contributed by atoms with Crippen LogP contribution in [0.2, 0.25) is 0 Å². The molecular weight excluding hydrogens is 661 g/mol. The molecule has 0 fully saturated rings. The Balaban J connectivity index is 4.54. The molecule has 0 N–H and O–H groups in total. The summed E-state index contributed by atoms with van der Waals surface area (Å²) < 4.78 is 16.6. The molecule has 0 aromatic rings. The van der Waals surface area contributed by atoms with Crippen LogP contribution in [0.25, 0.3) is 0 Å². The lowest BCUT2D eigenvalue weighted by atomic mass is 10.1. The summed E-state index contributed by atoms with van der Waals surface area (Å²) in [7, 11) is 0. The Kier molecular flexibility index (Phi) is 38.7. The van der Waals surface area contributed by atoms with Crippen molar-refractivity contribution in [2.24, 2.45) is 0 Å². The maximum absolute atomic E-state index is 12.7. The predicted molar refractivity (Wildman–Crippen MR) is 224 cm³/mol. The van der Waals surface area contributed by atoms with Crippen molar-refractivity contribution in [1.29, 1.82) is 0 Å². The monoisotopic (exact) mass is 737 g/mol. The van der Waals surface area contributed by atoms with E-state index in [1.54, 1.807) is 0 Å². The van der Waals surface area contributed by atoms with Gasteiger partial charge in [0.15, 0.2) is 6.10 Å². The minimum absolute atomic E-state index is 0.117. The van der Waals surface area contributed by atoms with E-state index in [-0.39, 0.29) is 37.5 Å². The van der Waals surface area contributed by atoms with Crippen molar-refractivity contribution in [2.45, 2.75) is 181 Å². The van der Waals surface area contributed by atoms with Gasteiger partial charge in [-0.15, -0.1) is 0 Å². The Morgan fingerprint density at radius 1 is 0.396 bits per heavy atom. The fraction of sp³-hybridized carbons (Fsp3) is 0.638. The second-order valence-electron chi connectivity index (χ2n) is 13.5. The van der Waals surface area contributed by atoms with E-state index < -0.39 is 6.10 Å². The minimum atomic E-state index is -0.813. The fourth-order valence-corrected chi connectivity index (χ4v) is 5.24. The standard InChI is InChI=1S/C47H76O6/c1-4-7-10-13-16-19-22-25-28-31-34-37-40-46(49)52-43-44(42-51-45(48)39-36-33-30-27-24-21-18-15-12-9-6-3)53-47(50)41-38-35-32-29-26-23-20-17-14-11-8-5-2/h7,9-10,12,16-21,25,27-28,30,44H,4-6,8,11,13-15,22-24,26,29,31-43H2,1-3H3/b10-7-,12-9-,19-16-,20-17-,21-18-,28-25-,30-27-. The smallest absolute Gasteiger partial charge is 0.306 e. The molecule has 0 amide bonds. The molecule has 0 radical (unpaired) electrons. The van der Waals surface area contributed by atoms with Crippen LogP contribution in [0.4, 0.5) is 0 Å². The van der Waals surface area contributed by atoms with Gasteiger partial charge < -0.3 is 14.2 Å². The molecule has 0 aromatic carbocycles. The highest BCUT2D eigenvalue weighted by Gasteiger charge is 2.19. The largest absolute Gasteiger partial charge is 0.462 e. The van der Waals surface area contributed by atoms with Gasteiger partial charge in [-0.05, 0) is 103 Å². The van der Waals surface area contributed by atoms with Gasteiger partial charge in [0.1, 0.15) is 13.2 Å². The third-order valence-corrected chi connectivity index (χ3v) is 8.36. The van der Waals surface area contributed by atoms with Crippen LogP contribution in [0.3, 0.4) is 0 Å². The molecule has 1 atom stereocenters. The first-order valence-electron chi connectivity index (χ1n) is 21.1. The molecule has 0 aliphatic rings. The van der Waals surface area contributed by atoms with Crippen LogP contribution in [0.5, 0.6) is 0 Å². The summed E-state index contributed by atoms with van der Waals surface area (Å²) in [4.78, 5) is 37.6. The molecule has 0 rings (SSSR count). The second kappa shape index (κ2) is 41.3. The van der Waals surface area contributed by atoms with Gasteiger partial charge in [0.2, 0.25) is 0 Å². The molecule has 0 bridgehead atoms. The first-order chi connectivity index (χ1) is 26.0. The van der Waals surface area contributed by atoms with Gasteiger partial charge in [-0.25, -0.2) is 0 Å². The number of unbranched alkanes of at least 4 members (excludes halogenated alkanes) is 11. The molecule has 6 heteroatoms. The molecule has 0 heterocycles. The fourth-order valence-electron chi connectivity index (χ4n) is 5.24. The minimum Gasteiger partial charge on any atom is -0.462 e. The first-order valence-corrected chi connectivity index (χ1v) is 21.1. The summed E-state index contributed by atoms with van der Waals surface area (Å²) in [6, 6.07) is 0. The van der Waals surface area contributed by atoms with E-state index in [1.807, 2.05) is 0 Å². The van der Waals surface area contributed by atoms with Crippen LogP contribution in [0.15, 0.2) is 85.1 Å². The zero-order chi connectivity index (χ0) is 38.7. The molecule has 0 aromatic heterocycles. The number of rotatable bonds is 36. The molecule has 0 aliphatic heterocycles. The number of esters is 3. The number of hydrogen-bond donors (Lipinski definition) is 0. The van der Waals surface area contributed by atoms with E-state index in [0.29, 0.717) is 19.3 Å². The van der Waals surface area contributed by atoms with E-state index in [2.05, 4.69) is 106 Å². The van der Waals surface area contributed by atoms with Crippen LogP contribution < -0.4 is 0 Å². The zero-order valence-electron chi connectivity index (χ0n) is 34.0. The van der Waals surface area contributed by atoms with Gasteiger partial charge >= 0.3 is 17.9 Å². The molecule has 53 heavy (non-hydrogen) atoms. The lowest BCUT2D eigenvalue weighted by molar-refractivity contribution is -0.167. The van der Waals surface area contributed by atoms with Crippen LogP contribution in [0, 0.1) is 0 Å². The van der Waals surface area contributed by atoms with E-state index in [4.69, 9.17) is 14.2 Å². The van der Waals surface area contributed by atoms with Crippen LogP contribution >= 0.6 is 0 Å². The second-order valence-corrected chi connectivity index (χ2v) is 13.5. The first kappa shape index (κ1) is 49.6. The Bertz CT molecular complexity index is 1080. The average molecular weight is 737 g/mol. The SMILES string of the molecule is CC/C=C\C/C=C\C/C=C\CCCCC(=O)OCC(COC(=O)CCC/C=C\C/C=C\C/C=C\CC)OC(=O)CCCCCCC/C=C\CCCCC. The zero-order valence-corrected chi connectivity index (χ0v) is 34.0. The molecule has 300 valence electrons. The lowest BCUT2D eigenvalue weighted by Crippen LogP contribution is -2.30. The van der Waals surface area contributed by atoms with Crippen molar-refractivity contribution in [1.82, 2.24) is 0 Å². The van der Waals surface area contributed by atoms with Gasteiger partial charge in [-0.2, -0.15) is 0 Å². The summed E-state index contributed by atoms with van der Waals surface area (Å²) in [6.07, 6.45) is 51.5. The number of hydrogen-bond acceptors (Lipinski definition) is 6. The number of ether oxygens (including phenoxy) is 3. The van der Waals surface area contributed by atoms with Crippen molar-refractivity contribution >= 4 is 17.9 Å². The molecule has 0 aliphatic carbocycles. The molecule has 0 spiro atoms. The highest BCUT2D eigenvalue weighted by molar-refractivity contribution is 5.71. The normalized spacial score (nSPS) is 12.9. The summed E-state index contributed by atoms with van der Waals surface area (Å²) in [6.45, 7) is 6.25. The molecular formula is C47H76O6. The van der Waals surface area contributed by atoms with Crippen LogP contribution in [-0.4, -0.2) is 37.2 Å². The van der Waals surface area contributed by atoms with Gasteiger partial charge in [0.25, 0.3) is 0 Å². The molecule has 0 saturated carbocycles. The molecule has 0 saturated heterocycles. The number of carbonyl (C=O) groups excluding carboxylic acids is 3. The quantitative estimate of drug-likeness (QED) is 0.0276. The van der Waals surface area contributed by atoms with Gasteiger partial charge in [-0.3, -0.25) is 14.4 Å². The number of carbonyl (C=O) groups is 3. The van der Waals surface area contributed by atoms with Crippen LogP contribution in [-0.2, 0) is 28.6 Å². The van der Waals surface area contributed by atoms with Crippen molar-refractivity contribution in [3.05, 3.63) is 85.1 Å². The van der Waals surface area contributed by atoms with Gasteiger partial charge in [-0.1, -0.05) is 138 Å². The Hall–Kier alpha value is -3.41. The average Bonchev–Trinajstić information content (AvgIpc) is 3.15. The maximum Gasteiger partial charge on any atom is 0.306 e. The van der Waals surface area contributed by atoms with Crippen LogP contribution in [0.1, 0.15) is 175 Å². The molecule has 6 nitrogen and oxygen atoms in total.